The van der Waals surface area contributed by atoms with Gasteiger partial charge in [0.25, 0.3) is 0 Å². The van der Waals surface area contributed by atoms with Crippen molar-refractivity contribution >= 4 is 17.6 Å². The Morgan fingerprint density at radius 1 is 1.42 bits per heavy atom. The molecular weight excluding hydrogens is 244 g/mol. The van der Waals surface area contributed by atoms with E-state index in [2.05, 4.69) is 5.32 Å². The minimum Gasteiger partial charge on any atom is -0.481 e. The molecule has 0 spiro atoms. The molecule has 2 rings (SSSR count). The van der Waals surface area contributed by atoms with Gasteiger partial charge in [0.1, 0.15) is 0 Å². The lowest BCUT2D eigenvalue weighted by molar-refractivity contribution is -0.141. The maximum Gasteiger partial charge on any atom is 0.307 e. The van der Waals surface area contributed by atoms with Crippen LogP contribution in [0.2, 0.25) is 0 Å². The van der Waals surface area contributed by atoms with Crippen LogP contribution in [-0.2, 0) is 9.59 Å². The number of hydrogen-bond donors (Lipinski definition) is 2. The molecule has 1 unspecified atom stereocenters. The van der Waals surface area contributed by atoms with Crippen molar-refractivity contribution in [2.24, 2.45) is 5.92 Å². The van der Waals surface area contributed by atoms with Crippen molar-refractivity contribution in [2.75, 3.05) is 25.0 Å². The van der Waals surface area contributed by atoms with Crippen LogP contribution in [0.4, 0.5) is 5.69 Å². The number of hydrogen-bond acceptors (Lipinski definition) is 3. The summed E-state index contributed by atoms with van der Waals surface area (Å²) in [7, 11) is 0. The van der Waals surface area contributed by atoms with Crippen LogP contribution in [0.1, 0.15) is 12.0 Å². The standard InChI is InChI=1S/C14H18N2O3/c1-10-4-2-3-5-12(10)15-13(17)9-16-7-6-11(8-16)14(18)19/h2-5,11H,6-9H2,1H3,(H,15,17)(H,18,19). The van der Waals surface area contributed by atoms with Crippen LogP contribution in [0.15, 0.2) is 24.3 Å². The second-order valence-corrected chi connectivity index (χ2v) is 4.92. The van der Waals surface area contributed by atoms with Gasteiger partial charge < -0.3 is 10.4 Å². The maximum atomic E-state index is 11.9. The highest BCUT2D eigenvalue weighted by Crippen LogP contribution is 2.17. The van der Waals surface area contributed by atoms with E-state index in [1.54, 1.807) is 0 Å². The zero-order valence-corrected chi connectivity index (χ0v) is 10.9. The fourth-order valence-corrected chi connectivity index (χ4v) is 2.28. The van der Waals surface area contributed by atoms with Crippen LogP contribution in [-0.4, -0.2) is 41.5 Å². The van der Waals surface area contributed by atoms with E-state index in [-0.39, 0.29) is 18.4 Å². The minimum absolute atomic E-state index is 0.0969. The largest absolute Gasteiger partial charge is 0.481 e. The number of nitrogens with zero attached hydrogens (tertiary/aromatic N) is 1. The monoisotopic (exact) mass is 262 g/mol. The van der Waals surface area contributed by atoms with E-state index in [0.717, 1.165) is 11.3 Å². The van der Waals surface area contributed by atoms with E-state index < -0.39 is 5.97 Å². The molecule has 1 aliphatic rings. The second-order valence-electron chi connectivity index (χ2n) is 4.92. The number of rotatable bonds is 4. The van der Waals surface area contributed by atoms with Gasteiger partial charge >= 0.3 is 5.97 Å². The summed E-state index contributed by atoms with van der Waals surface area (Å²) in [5.41, 5.74) is 1.82. The fraction of sp³-hybridized carbons (Fsp3) is 0.429. The molecule has 1 heterocycles. The Kier molecular flexibility index (Phi) is 4.16. The van der Waals surface area contributed by atoms with Crippen LogP contribution in [0.25, 0.3) is 0 Å². The number of carboxylic acid groups (broad SMARTS) is 1. The number of para-hydroxylation sites is 1. The molecular formula is C14H18N2O3. The average molecular weight is 262 g/mol. The summed E-state index contributed by atoms with van der Waals surface area (Å²) in [6, 6.07) is 7.59. The number of nitrogens with one attached hydrogen (secondary N) is 1. The Balaban J connectivity index is 1.86. The summed E-state index contributed by atoms with van der Waals surface area (Å²) in [5.74, 6) is -1.21. The first kappa shape index (κ1) is 13.5. The van der Waals surface area contributed by atoms with Crippen molar-refractivity contribution in [1.29, 1.82) is 0 Å². The lowest BCUT2D eigenvalue weighted by Crippen LogP contribution is -2.32. The van der Waals surface area contributed by atoms with Crippen LogP contribution in [0, 0.1) is 12.8 Å². The Morgan fingerprint density at radius 2 is 2.16 bits per heavy atom. The van der Waals surface area contributed by atoms with Gasteiger partial charge in [-0.05, 0) is 31.5 Å². The summed E-state index contributed by atoms with van der Waals surface area (Å²) in [4.78, 5) is 24.6. The number of aliphatic carboxylic acids is 1. The van der Waals surface area contributed by atoms with Gasteiger partial charge in [0, 0.05) is 12.2 Å². The molecule has 0 bridgehead atoms. The lowest BCUT2D eigenvalue weighted by atomic mass is 10.1. The summed E-state index contributed by atoms with van der Waals surface area (Å²) < 4.78 is 0. The number of carbonyl (C=O) groups is 2. The van der Waals surface area contributed by atoms with Gasteiger partial charge in [-0.2, -0.15) is 0 Å². The van der Waals surface area contributed by atoms with Crippen molar-refractivity contribution in [3.8, 4) is 0 Å². The van der Waals surface area contributed by atoms with Crippen molar-refractivity contribution < 1.29 is 14.7 Å². The van der Waals surface area contributed by atoms with Gasteiger partial charge in [-0.1, -0.05) is 18.2 Å². The molecule has 1 aromatic rings. The zero-order valence-electron chi connectivity index (χ0n) is 10.9. The third-order valence-corrected chi connectivity index (χ3v) is 3.41. The van der Waals surface area contributed by atoms with E-state index >= 15 is 0 Å². The Bertz CT molecular complexity index is 487. The van der Waals surface area contributed by atoms with Crippen LogP contribution < -0.4 is 5.32 Å². The summed E-state index contributed by atoms with van der Waals surface area (Å²) in [6.07, 6.45) is 0.618. The molecule has 102 valence electrons. The van der Waals surface area contributed by atoms with Crippen LogP contribution in [0.5, 0.6) is 0 Å². The van der Waals surface area contributed by atoms with Crippen molar-refractivity contribution in [2.45, 2.75) is 13.3 Å². The molecule has 1 aromatic carbocycles. The highest BCUT2D eigenvalue weighted by molar-refractivity contribution is 5.93. The zero-order chi connectivity index (χ0) is 13.8. The first-order valence-electron chi connectivity index (χ1n) is 6.37. The number of amides is 1. The number of benzene rings is 1. The fourth-order valence-electron chi connectivity index (χ4n) is 2.28. The molecule has 1 amide bonds. The Labute approximate surface area is 112 Å². The molecule has 1 atom stereocenters. The van der Waals surface area contributed by atoms with Gasteiger partial charge in [0.05, 0.1) is 12.5 Å². The quantitative estimate of drug-likeness (QED) is 0.859. The number of aryl methyl sites for hydroxylation is 1. The van der Waals surface area contributed by atoms with Crippen molar-refractivity contribution in [3.63, 3.8) is 0 Å². The Morgan fingerprint density at radius 3 is 2.79 bits per heavy atom. The van der Waals surface area contributed by atoms with Crippen molar-refractivity contribution in [1.82, 2.24) is 4.90 Å². The summed E-state index contributed by atoms with van der Waals surface area (Å²) >= 11 is 0. The van der Waals surface area contributed by atoms with Crippen LogP contribution in [0.3, 0.4) is 0 Å². The van der Waals surface area contributed by atoms with Gasteiger partial charge in [-0.15, -0.1) is 0 Å². The summed E-state index contributed by atoms with van der Waals surface area (Å²) in [6.45, 7) is 3.30. The van der Waals surface area contributed by atoms with Gasteiger partial charge in [0.15, 0.2) is 0 Å². The predicted molar refractivity (Wildman–Crippen MR) is 72.0 cm³/mol. The van der Waals surface area contributed by atoms with Gasteiger partial charge in [0.2, 0.25) is 5.91 Å². The number of carboxylic acids is 1. The normalized spacial score (nSPS) is 19.3. The molecule has 1 aliphatic heterocycles. The van der Waals surface area contributed by atoms with Gasteiger partial charge in [-0.25, -0.2) is 0 Å². The predicted octanol–water partition coefficient (Wildman–Crippen LogP) is 1.34. The van der Waals surface area contributed by atoms with Gasteiger partial charge in [-0.3, -0.25) is 14.5 Å². The third-order valence-electron chi connectivity index (χ3n) is 3.41. The molecule has 1 fully saturated rings. The average Bonchev–Trinajstić information content (AvgIpc) is 2.80. The molecule has 5 nitrogen and oxygen atoms in total. The molecule has 1 saturated heterocycles. The molecule has 0 radical (unpaired) electrons. The Hall–Kier alpha value is -1.88. The molecule has 0 aliphatic carbocycles. The summed E-state index contributed by atoms with van der Waals surface area (Å²) in [5, 5.41) is 11.8. The third kappa shape index (κ3) is 3.54. The highest BCUT2D eigenvalue weighted by Gasteiger charge is 2.28. The first-order chi connectivity index (χ1) is 9.06. The van der Waals surface area contributed by atoms with E-state index in [0.29, 0.717) is 19.5 Å². The SMILES string of the molecule is Cc1ccccc1NC(=O)CN1CCC(C(=O)O)C1. The molecule has 0 aromatic heterocycles. The molecule has 5 heteroatoms. The lowest BCUT2D eigenvalue weighted by Gasteiger charge is -2.15. The van der Waals surface area contributed by atoms with E-state index in [4.69, 9.17) is 5.11 Å². The van der Waals surface area contributed by atoms with E-state index in [1.807, 2.05) is 36.1 Å². The topological polar surface area (TPSA) is 69.6 Å². The molecule has 0 saturated carbocycles. The maximum absolute atomic E-state index is 11.9. The number of carbonyl (C=O) groups excluding carboxylic acids is 1. The highest BCUT2D eigenvalue weighted by atomic mass is 16.4. The van der Waals surface area contributed by atoms with E-state index in [1.165, 1.54) is 0 Å². The molecule has 19 heavy (non-hydrogen) atoms. The van der Waals surface area contributed by atoms with Crippen LogP contribution >= 0.6 is 0 Å². The number of likely N-dealkylation sites (tertiary alicyclic amines) is 1. The van der Waals surface area contributed by atoms with E-state index in [9.17, 15) is 9.59 Å². The number of anilines is 1. The first-order valence-corrected chi connectivity index (χ1v) is 6.37. The second kappa shape index (κ2) is 5.84. The van der Waals surface area contributed by atoms with Crippen molar-refractivity contribution in [3.05, 3.63) is 29.8 Å². The smallest absolute Gasteiger partial charge is 0.307 e. The molecule has 2 N–H and O–H groups in total. The minimum atomic E-state index is -0.776.